The van der Waals surface area contributed by atoms with Crippen LogP contribution in [0.15, 0.2) is 18.3 Å². The molecule has 1 amide bonds. The first-order valence-electron chi connectivity index (χ1n) is 8.70. The Balaban J connectivity index is 1.73. The quantitative estimate of drug-likeness (QED) is 0.836. The van der Waals surface area contributed by atoms with Crippen molar-refractivity contribution in [3.8, 4) is 0 Å². The third-order valence-electron chi connectivity index (χ3n) is 4.70. The fourth-order valence-corrected chi connectivity index (χ4v) is 3.47. The number of nitrogens with zero attached hydrogens (tertiary/aromatic N) is 2. The molecule has 0 atom stereocenters. The van der Waals surface area contributed by atoms with Crippen LogP contribution in [0.25, 0.3) is 0 Å². The summed E-state index contributed by atoms with van der Waals surface area (Å²) >= 11 is 0. The van der Waals surface area contributed by atoms with Crippen LogP contribution in [0.3, 0.4) is 0 Å². The van der Waals surface area contributed by atoms with E-state index in [1.807, 2.05) is 12.1 Å². The van der Waals surface area contributed by atoms with Gasteiger partial charge in [-0.25, -0.2) is 4.98 Å². The minimum absolute atomic E-state index is 0.0437. The van der Waals surface area contributed by atoms with Gasteiger partial charge in [0, 0.05) is 24.3 Å². The van der Waals surface area contributed by atoms with Crippen LogP contribution in [-0.4, -0.2) is 34.7 Å². The van der Waals surface area contributed by atoms with Gasteiger partial charge in [-0.1, -0.05) is 0 Å². The first-order valence-corrected chi connectivity index (χ1v) is 8.70. The first kappa shape index (κ1) is 17.2. The van der Waals surface area contributed by atoms with Gasteiger partial charge in [0.25, 0.3) is 5.91 Å². The third kappa shape index (κ3) is 3.57. The van der Waals surface area contributed by atoms with E-state index in [1.54, 1.807) is 20.0 Å². The zero-order valence-electron chi connectivity index (χ0n) is 15.0. The van der Waals surface area contributed by atoms with E-state index < -0.39 is 0 Å². The maximum absolute atomic E-state index is 12.5. The fourth-order valence-electron chi connectivity index (χ4n) is 3.47. The normalized spacial score (nSPS) is 14.4. The van der Waals surface area contributed by atoms with Gasteiger partial charge in [0.1, 0.15) is 11.5 Å². The number of piperidine rings is 1. The van der Waals surface area contributed by atoms with E-state index in [2.05, 4.69) is 20.2 Å². The highest BCUT2D eigenvalue weighted by molar-refractivity contribution is 6.07. The first-order chi connectivity index (χ1) is 12.0. The number of ketones is 1. The minimum Gasteiger partial charge on any atom is -0.357 e. The van der Waals surface area contributed by atoms with Crippen LogP contribution in [0.1, 0.15) is 58.3 Å². The molecule has 6 heteroatoms. The predicted octanol–water partition coefficient (Wildman–Crippen LogP) is 3.47. The number of Topliss-reactive ketones (excluding diaryl/α,β-unsaturated/α-hetero) is 1. The molecule has 2 aromatic heterocycles. The molecular formula is C19H24N4O2. The highest BCUT2D eigenvalue weighted by Gasteiger charge is 2.20. The van der Waals surface area contributed by atoms with E-state index >= 15 is 0 Å². The van der Waals surface area contributed by atoms with E-state index in [0.29, 0.717) is 28.2 Å². The number of aromatic nitrogens is 2. The Morgan fingerprint density at radius 3 is 2.44 bits per heavy atom. The van der Waals surface area contributed by atoms with Crippen LogP contribution < -0.4 is 10.2 Å². The summed E-state index contributed by atoms with van der Waals surface area (Å²) in [5, 5.41) is 2.85. The molecule has 25 heavy (non-hydrogen) atoms. The summed E-state index contributed by atoms with van der Waals surface area (Å²) in [6.07, 6.45) is 5.36. The van der Waals surface area contributed by atoms with Crippen LogP contribution >= 0.6 is 0 Å². The van der Waals surface area contributed by atoms with Crippen LogP contribution in [-0.2, 0) is 0 Å². The van der Waals surface area contributed by atoms with Gasteiger partial charge in [0.05, 0.1) is 11.9 Å². The lowest BCUT2D eigenvalue weighted by Gasteiger charge is -2.27. The molecule has 0 bridgehead atoms. The number of rotatable bonds is 4. The number of aromatic amines is 1. The van der Waals surface area contributed by atoms with Gasteiger partial charge in [-0.15, -0.1) is 0 Å². The average molecular weight is 340 g/mol. The monoisotopic (exact) mass is 340 g/mol. The highest BCUT2D eigenvalue weighted by atomic mass is 16.2. The number of hydrogen-bond donors (Lipinski definition) is 2. The maximum Gasteiger partial charge on any atom is 0.272 e. The number of aryl methyl sites for hydroxylation is 1. The van der Waals surface area contributed by atoms with E-state index in [1.165, 1.54) is 26.2 Å². The summed E-state index contributed by atoms with van der Waals surface area (Å²) in [4.78, 5) is 34.0. The Bertz CT molecular complexity index is 787. The van der Waals surface area contributed by atoms with Gasteiger partial charge in [-0.3, -0.25) is 9.59 Å². The standard InChI is InChI=1S/C19H24N4O2/c1-12-17(14(3)24)13(2)21-18(12)19(25)22-15-7-8-16(20-11-15)23-9-5-4-6-10-23/h7-8,11,21H,4-6,9-10H2,1-3H3,(H,22,25). The largest absolute Gasteiger partial charge is 0.357 e. The van der Waals surface area contributed by atoms with Gasteiger partial charge in [-0.05, 0) is 57.7 Å². The van der Waals surface area contributed by atoms with Gasteiger partial charge < -0.3 is 15.2 Å². The summed E-state index contributed by atoms with van der Waals surface area (Å²) in [5.74, 6) is 0.641. The number of hydrogen-bond acceptors (Lipinski definition) is 4. The molecule has 0 radical (unpaired) electrons. The molecule has 0 unspecified atom stereocenters. The second-order valence-electron chi connectivity index (χ2n) is 6.59. The third-order valence-corrected chi connectivity index (χ3v) is 4.70. The molecule has 2 aromatic rings. The molecule has 0 aromatic carbocycles. The van der Waals surface area contributed by atoms with Crippen molar-refractivity contribution in [2.45, 2.75) is 40.0 Å². The minimum atomic E-state index is -0.263. The Morgan fingerprint density at radius 2 is 1.88 bits per heavy atom. The van der Waals surface area contributed by atoms with E-state index in [-0.39, 0.29) is 11.7 Å². The zero-order chi connectivity index (χ0) is 18.0. The summed E-state index contributed by atoms with van der Waals surface area (Å²) in [7, 11) is 0. The van der Waals surface area contributed by atoms with Crippen molar-refractivity contribution in [2.75, 3.05) is 23.3 Å². The van der Waals surface area contributed by atoms with E-state index in [9.17, 15) is 9.59 Å². The van der Waals surface area contributed by atoms with Crippen molar-refractivity contribution in [3.63, 3.8) is 0 Å². The molecule has 2 N–H and O–H groups in total. The van der Waals surface area contributed by atoms with Crippen molar-refractivity contribution >= 4 is 23.2 Å². The molecule has 3 heterocycles. The molecular weight excluding hydrogens is 316 g/mol. The predicted molar refractivity (Wildman–Crippen MR) is 98.5 cm³/mol. The van der Waals surface area contributed by atoms with Crippen molar-refractivity contribution in [3.05, 3.63) is 40.8 Å². The maximum atomic E-state index is 12.5. The van der Waals surface area contributed by atoms with Crippen LogP contribution in [0.5, 0.6) is 0 Å². The smallest absolute Gasteiger partial charge is 0.272 e. The molecule has 0 spiro atoms. The molecule has 6 nitrogen and oxygen atoms in total. The molecule has 0 saturated carbocycles. The lowest BCUT2D eigenvalue weighted by Crippen LogP contribution is -2.30. The molecule has 1 aliphatic rings. The molecule has 3 rings (SSSR count). The average Bonchev–Trinajstić information content (AvgIpc) is 2.91. The number of anilines is 2. The number of carbonyl (C=O) groups is 2. The molecule has 0 aliphatic carbocycles. The van der Waals surface area contributed by atoms with Crippen LogP contribution in [0.2, 0.25) is 0 Å². The number of amides is 1. The molecule has 1 aliphatic heterocycles. The van der Waals surface area contributed by atoms with Gasteiger partial charge in [0.2, 0.25) is 0 Å². The second kappa shape index (κ2) is 7.09. The lowest BCUT2D eigenvalue weighted by molar-refractivity contribution is 0.101. The van der Waals surface area contributed by atoms with E-state index in [0.717, 1.165) is 18.9 Å². The fraction of sp³-hybridized carbons (Fsp3) is 0.421. The SMILES string of the molecule is CC(=O)c1c(C)[nH]c(C(=O)Nc2ccc(N3CCCCC3)nc2)c1C. The summed E-state index contributed by atoms with van der Waals surface area (Å²) in [5.41, 5.74) is 3.04. The van der Waals surface area contributed by atoms with Crippen LogP contribution in [0, 0.1) is 13.8 Å². The van der Waals surface area contributed by atoms with Crippen LogP contribution in [0.4, 0.5) is 11.5 Å². The second-order valence-corrected chi connectivity index (χ2v) is 6.59. The highest BCUT2D eigenvalue weighted by Crippen LogP contribution is 2.21. The Hall–Kier alpha value is -2.63. The summed E-state index contributed by atoms with van der Waals surface area (Å²) < 4.78 is 0. The number of nitrogens with one attached hydrogen (secondary N) is 2. The summed E-state index contributed by atoms with van der Waals surface area (Å²) in [6.45, 7) is 7.16. The van der Waals surface area contributed by atoms with Gasteiger partial charge >= 0.3 is 0 Å². The van der Waals surface area contributed by atoms with Crippen molar-refractivity contribution < 1.29 is 9.59 Å². The number of carbonyl (C=O) groups excluding carboxylic acids is 2. The molecule has 132 valence electrons. The zero-order valence-corrected chi connectivity index (χ0v) is 15.0. The summed E-state index contributed by atoms with van der Waals surface area (Å²) in [6, 6.07) is 3.81. The topological polar surface area (TPSA) is 78.1 Å². The van der Waals surface area contributed by atoms with Gasteiger partial charge in [-0.2, -0.15) is 0 Å². The van der Waals surface area contributed by atoms with Crippen molar-refractivity contribution in [2.24, 2.45) is 0 Å². The number of pyridine rings is 1. The van der Waals surface area contributed by atoms with Crippen molar-refractivity contribution in [1.82, 2.24) is 9.97 Å². The molecule has 1 fully saturated rings. The Labute approximate surface area is 147 Å². The molecule has 1 saturated heterocycles. The Kier molecular flexibility index (Phi) is 4.88. The van der Waals surface area contributed by atoms with E-state index in [4.69, 9.17) is 0 Å². The van der Waals surface area contributed by atoms with Gasteiger partial charge in [0.15, 0.2) is 5.78 Å². The Morgan fingerprint density at radius 1 is 1.16 bits per heavy atom. The van der Waals surface area contributed by atoms with Crippen molar-refractivity contribution in [1.29, 1.82) is 0 Å². The number of H-pyrrole nitrogens is 1. The lowest BCUT2D eigenvalue weighted by atomic mass is 10.1.